The van der Waals surface area contributed by atoms with Gasteiger partial charge >= 0.3 is 0 Å². The number of oxazole rings is 1. The van der Waals surface area contributed by atoms with Crippen molar-refractivity contribution in [1.29, 1.82) is 0 Å². The molecule has 22 heavy (non-hydrogen) atoms. The van der Waals surface area contributed by atoms with Gasteiger partial charge in [0.25, 0.3) is 5.56 Å². The summed E-state index contributed by atoms with van der Waals surface area (Å²) in [5, 5.41) is 1.88. The lowest BCUT2D eigenvalue weighted by molar-refractivity contribution is 0.306. The third-order valence-corrected chi connectivity index (χ3v) is 4.18. The largest absolute Gasteiger partial charge is 0.448 e. The van der Waals surface area contributed by atoms with Gasteiger partial charge in [0.05, 0.1) is 17.8 Å². The quantitative estimate of drug-likeness (QED) is 0.783. The van der Waals surface area contributed by atoms with E-state index in [2.05, 4.69) is 15.0 Å². The standard InChI is InChI=1S/C15H18N4O2S/c1-9(2)15-16-10(8-21-15)6-19(3)7-12-17-11-4-5-22-13(11)14(20)18-12/h4-5,8-9H,6-7H2,1-3H3,(H,17,18,20). The molecule has 0 amide bonds. The van der Waals surface area contributed by atoms with Gasteiger partial charge in [-0.3, -0.25) is 9.69 Å². The number of nitrogens with zero attached hydrogens (tertiary/aromatic N) is 3. The number of aromatic amines is 1. The van der Waals surface area contributed by atoms with Crippen molar-refractivity contribution in [1.82, 2.24) is 19.9 Å². The highest BCUT2D eigenvalue weighted by molar-refractivity contribution is 7.17. The molecule has 0 fully saturated rings. The van der Waals surface area contributed by atoms with Crippen molar-refractivity contribution in [2.45, 2.75) is 32.9 Å². The molecule has 0 saturated carbocycles. The van der Waals surface area contributed by atoms with Gasteiger partial charge in [0.15, 0.2) is 5.89 Å². The van der Waals surface area contributed by atoms with Crippen LogP contribution in [0.5, 0.6) is 0 Å². The van der Waals surface area contributed by atoms with Gasteiger partial charge in [-0.05, 0) is 18.5 Å². The predicted molar refractivity (Wildman–Crippen MR) is 86.0 cm³/mol. The summed E-state index contributed by atoms with van der Waals surface area (Å²) < 4.78 is 6.10. The summed E-state index contributed by atoms with van der Waals surface area (Å²) in [5.74, 6) is 1.68. The van der Waals surface area contributed by atoms with Gasteiger partial charge < -0.3 is 9.40 Å². The molecule has 0 aromatic carbocycles. The van der Waals surface area contributed by atoms with E-state index in [1.54, 1.807) is 6.26 Å². The topological polar surface area (TPSA) is 75.0 Å². The Labute approximate surface area is 131 Å². The Kier molecular flexibility index (Phi) is 4.08. The molecule has 3 rings (SSSR count). The second kappa shape index (κ2) is 6.02. The van der Waals surface area contributed by atoms with Crippen LogP contribution in [0.1, 0.15) is 37.2 Å². The van der Waals surface area contributed by atoms with Crippen molar-refractivity contribution in [3.05, 3.63) is 45.5 Å². The van der Waals surface area contributed by atoms with E-state index in [0.717, 1.165) is 17.1 Å². The molecule has 116 valence electrons. The predicted octanol–water partition coefficient (Wildman–Crippen LogP) is 2.73. The summed E-state index contributed by atoms with van der Waals surface area (Å²) in [6, 6.07) is 1.87. The molecule has 3 aromatic rings. The molecular formula is C15H18N4O2S. The molecule has 0 unspecified atom stereocenters. The van der Waals surface area contributed by atoms with Crippen molar-refractivity contribution >= 4 is 21.6 Å². The van der Waals surface area contributed by atoms with Gasteiger partial charge in [0.2, 0.25) is 0 Å². The van der Waals surface area contributed by atoms with E-state index in [9.17, 15) is 4.79 Å². The van der Waals surface area contributed by atoms with Gasteiger partial charge in [0, 0.05) is 12.5 Å². The van der Waals surface area contributed by atoms with E-state index in [0.29, 0.717) is 23.6 Å². The number of hydrogen-bond acceptors (Lipinski definition) is 6. The lowest BCUT2D eigenvalue weighted by Gasteiger charge is -2.14. The minimum absolute atomic E-state index is 0.0769. The Morgan fingerprint density at radius 3 is 2.91 bits per heavy atom. The highest BCUT2D eigenvalue weighted by Gasteiger charge is 2.11. The van der Waals surface area contributed by atoms with Crippen molar-refractivity contribution in [3.8, 4) is 0 Å². The Morgan fingerprint density at radius 2 is 2.18 bits per heavy atom. The minimum atomic E-state index is -0.0769. The number of nitrogens with one attached hydrogen (secondary N) is 1. The van der Waals surface area contributed by atoms with Gasteiger partial charge in [-0.1, -0.05) is 13.8 Å². The van der Waals surface area contributed by atoms with Crippen LogP contribution in [0.25, 0.3) is 10.2 Å². The highest BCUT2D eigenvalue weighted by atomic mass is 32.1. The first kappa shape index (κ1) is 14.9. The lowest BCUT2D eigenvalue weighted by atomic mass is 10.2. The van der Waals surface area contributed by atoms with Crippen LogP contribution < -0.4 is 5.56 Å². The smallest absolute Gasteiger partial charge is 0.268 e. The molecule has 1 N–H and O–H groups in total. The Balaban J connectivity index is 1.72. The average Bonchev–Trinajstić information content (AvgIpc) is 3.07. The molecule has 0 spiro atoms. The van der Waals surface area contributed by atoms with Gasteiger partial charge in [-0.15, -0.1) is 11.3 Å². The Bertz CT molecular complexity index is 833. The van der Waals surface area contributed by atoms with E-state index >= 15 is 0 Å². The highest BCUT2D eigenvalue weighted by Crippen LogP contribution is 2.16. The van der Waals surface area contributed by atoms with Crippen molar-refractivity contribution in [3.63, 3.8) is 0 Å². The third-order valence-electron chi connectivity index (χ3n) is 3.28. The van der Waals surface area contributed by atoms with Gasteiger partial charge in [-0.2, -0.15) is 0 Å². The van der Waals surface area contributed by atoms with Gasteiger partial charge in [0.1, 0.15) is 16.8 Å². The molecule has 0 radical (unpaired) electrons. The number of H-pyrrole nitrogens is 1. The van der Waals surface area contributed by atoms with Crippen molar-refractivity contribution < 1.29 is 4.42 Å². The third kappa shape index (κ3) is 3.10. The van der Waals surface area contributed by atoms with E-state index in [1.807, 2.05) is 37.2 Å². The van der Waals surface area contributed by atoms with E-state index in [1.165, 1.54) is 11.3 Å². The molecule has 3 heterocycles. The first-order valence-corrected chi connectivity index (χ1v) is 8.00. The zero-order valence-electron chi connectivity index (χ0n) is 12.8. The maximum atomic E-state index is 11.9. The number of fused-ring (bicyclic) bond motifs is 1. The number of aromatic nitrogens is 3. The fourth-order valence-corrected chi connectivity index (χ4v) is 2.97. The zero-order valence-corrected chi connectivity index (χ0v) is 13.6. The van der Waals surface area contributed by atoms with Crippen LogP contribution >= 0.6 is 11.3 Å². The molecule has 0 aliphatic carbocycles. The number of hydrogen-bond donors (Lipinski definition) is 1. The van der Waals surface area contributed by atoms with Crippen molar-refractivity contribution in [2.75, 3.05) is 7.05 Å². The fourth-order valence-electron chi connectivity index (χ4n) is 2.25. The molecule has 3 aromatic heterocycles. The van der Waals surface area contributed by atoms with Crippen LogP contribution in [-0.2, 0) is 13.1 Å². The average molecular weight is 318 g/mol. The molecule has 6 nitrogen and oxygen atoms in total. The molecule has 7 heteroatoms. The Hall–Kier alpha value is -1.99. The van der Waals surface area contributed by atoms with Crippen LogP contribution in [0.2, 0.25) is 0 Å². The molecule has 0 atom stereocenters. The minimum Gasteiger partial charge on any atom is -0.448 e. The van der Waals surface area contributed by atoms with Crippen LogP contribution in [0.4, 0.5) is 0 Å². The second-order valence-electron chi connectivity index (χ2n) is 5.65. The van der Waals surface area contributed by atoms with Crippen molar-refractivity contribution in [2.24, 2.45) is 0 Å². The molecular weight excluding hydrogens is 300 g/mol. The maximum absolute atomic E-state index is 11.9. The monoisotopic (exact) mass is 318 g/mol. The van der Waals surface area contributed by atoms with Gasteiger partial charge in [-0.25, -0.2) is 9.97 Å². The Morgan fingerprint density at radius 1 is 1.36 bits per heavy atom. The first-order chi connectivity index (χ1) is 10.5. The molecule has 0 saturated heterocycles. The summed E-state index contributed by atoms with van der Waals surface area (Å²) in [4.78, 5) is 25.8. The van der Waals surface area contributed by atoms with E-state index in [4.69, 9.17) is 4.42 Å². The first-order valence-electron chi connectivity index (χ1n) is 7.12. The fraction of sp³-hybridized carbons (Fsp3) is 0.400. The zero-order chi connectivity index (χ0) is 15.7. The van der Waals surface area contributed by atoms with E-state index < -0.39 is 0 Å². The summed E-state index contributed by atoms with van der Waals surface area (Å²) in [6.07, 6.45) is 1.68. The SMILES string of the molecule is CC(C)c1nc(CN(C)Cc2nc3ccsc3c(=O)[nH]2)co1. The van der Waals surface area contributed by atoms with Crippen LogP contribution in [0.3, 0.4) is 0 Å². The maximum Gasteiger partial charge on any atom is 0.268 e. The molecule has 0 aliphatic heterocycles. The lowest BCUT2D eigenvalue weighted by Crippen LogP contribution is -2.21. The number of rotatable bonds is 5. The summed E-state index contributed by atoms with van der Waals surface area (Å²) in [5.41, 5.74) is 1.55. The van der Waals surface area contributed by atoms with Crippen LogP contribution in [0.15, 0.2) is 26.9 Å². The van der Waals surface area contributed by atoms with Crippen LogP contribution in [0, 0.1) is 0 Å². The number of thiophene rings is 1. The summed E-state index contributed by atoms with van der Waals surface area (Å²) >= 11 is 1.41. The van der Waals surface area contributed by atoms with E-state index in [-0.39, 0.29) is 11.5 Å². The molecule has 0 bridgehead atoms. The summed E-state index contributed by atoms with van der Waals surface area (Å²) in [6.45, 7) is 5.28. The normalized spacial score (nSPS) is 11.9. The second-order valence-corrected chi connectivity index (χ2v) is 6.57. The molecule has 0 aliphatic rings. The summed E-state index contributed by atoms with van der Waals surface area (Å²) in [7, 11) is 1.96. The van der Waals surface area contributed by atoms with Crippen LogP contribution in [-0.4, -0.2) is 26.9 Å².